The zero-order valence-corrected chi connectivity index (χ0v) is 21.8. The minimum atomic E-state index is 0.404. The molecular weight excluding hydrogens is 498 g/mol. The minimum Gasteiger partial charge on any atom is -0.495 e. The van der Waals surface area contributed by atoms with E-state index >= 15 is 0 Å². The van der Waals surface area contributed by atoms with Gasteiger partial charge in [0.2, 0.25) is 5.69 Å². The summed E-state index contributed by atoms with van der Waals surface area (Å²) in [6.07, 6.45) is 0.895. The number of piperazine rings is 1. The molecule has 0 aliphatic carbocycles. The van der Waals surface area contributed by atoms with E-state index in [0.29, 0.717) is 51.0 Å². The Morgan fingerprint density at radius 2 is 1.72 bits per heavy atom. The molecule has 186 valence electrons. The molecule has 1 aliphatic heterocycles. The van der Waals surface area contributed by atoms with E-state index in [1.54, 1.807) is 25.3 Å². The van der Waals surface area contributed by atoms with E-state index in [4.69, 9.17) is 52.0 Å². The molecule has 0 atom stereocenters. The number of hydrogen-bond acceptors (Lipinski definition) is 6. The van der Waals surface area contributed by atoms with Crippen LogP contribution < -0.4 is 19.5 Å². The standard InChI is InChI=1S/C26H27BCl2N4O3/c1-30-21-6-5-17-13-25(36-12-4-7-32-8-10-33(27)11-9-32)24(35-3)14-18(17)26(21)31-22-16-23(34-2)20(29)15-19(22)28/h5-6,13-16,31H,4,7-12H2,2-3H3. The van der Waals surface area contributed by atoms with Gasteiger partial charge in [-0.3, -0.25) is 0 Å². The van der Waals surface area contributed by atoms with Gasteiger partial charge in [-0.1, -0.05) is 35.3 Å². The molecule has 10 heteroatoms. The lowest BCUT2D eigenvalue weighted by atomic mass is 10.1. The van der Waals surface area contributed by atoms with Crippen LogP contribution >= 0.6 is 23.2 Å². The van der Waals surface area contributed by atoms with Crippen molar-refractivity contribution in [2.45, 2.75) is 6.42 Å². The molecule has 1 N–H and O–H groups in total. The highest BCUT2D eigenvalue weighted by molar-refractivity contribution is 6.37. The van der Waals surface area contributed by atoms with Gasteiger partial charge in [0.1, 0.15) is 5.75 Å². The van der Waals surface area contributed by atoms with Crippen molar-refractivity contribution in [3.05, 3.63) is 57.9 Å². The number of hydrogen-bond donors (Lipinski definition) is 1. The molecule has 1 heterocycles. The van der Waals surface area contributed by atoms with Gasteiger partial charge in [-0.25, -0.2) is 4.85 Å². The zero-order chi connectivity index (χ0) is 25.7. The third-order valence-corrected chi connectivity index (χ3v) is 6.79. The van der Waals surface area contributed by atoms with Crippen molar-refractivity contribution in [1.82, 2.24) is 9.71 Å². The van der Waals surface area contributed by atoms with E-state index < -0.39 is 0 Å². The van der Waals surface area contributed by atoms with Gasteiger partial charge in [-0.05, 0) is 48.5 Å². The van der Waals surface area contributed by atoms with E-state index in [9.17, 15) is 0 Å². The van der Waals surface area contributed by atoms with Crippen molar-refractivity contribution < 1.29 is 14.2 Å². The van der Waals surface area contributed by atoms with Gasteiger partial charge in [-0.2, -0.15) is 0 Å². The number of methoxy groups -OCH3 is 2. The summed E-state index contributed by atoms with van der Waals surface area (Å²) in [6, 6.07) is 10.8. The van der Waals surface area contributed by atoms with Crippen LogP contribution in [-0.2, 0) is 0 Å². The monoisotopic (exact) mass is 524 g/mol. The van der Waals surface area contributed by atoms with Gasteiger partial charge < -0.3 is 29.2 Å². The number of halogens is 2. The molecule has 1 saturated heterocycles. The number of benzene rings is 3. The Labute approximate surface area is 223 Å². The molecule has 4 rings (SSSR count). The molecule has 36 heavy (non-hydrogen) atoms. The maximum atomic E-state index is 7.68. The molecule has 0 amide bonds. The highest BCUT2D eigenvalue weighted by atomic mass is 35.5. The fourth-order valence-electron chi connectivity index (χ4n) is 4.19. The van der Waals surface area contributed by atoms with Gasteiger partial charge in [0.05, 0.1) is 48.8 Å². The summed E-state index contributed by atoms with van der Waals surface area (Å²) in [4.78, 5) is 7.94. The summed E-state index contributed by atoms with van der Waals surface area (Å²) >= 11 is 12.6. The second-order valence-corrected chi connectivity index (χ2v) is 9.28. The number of ether oxygens (including phenoxy) is 3. The van der Waals surface area contributed by atoms with Crippen LogP contribution in [0.5, 0.6) is 17.2 Å². The molecule has 0 unspecified atom stereocenters. The first-order chi connectivity index (χ1) is 17.4. The first kappa shape index (κ1) is 26.2. The Balaban J connectivity index is 1.57. The largest absolute Gasteiger partial charge is 0.495 e. The van der Waals surface area contributed by atoms with Crippen molar-refractivity contribution >= 4 is 59.0 Å². The van der Waals surface area contributed by atoms with Gasteiger partial charge in [0, 0.05) is 25.7 Å². The molecule has 0 spiro atoms. The predicted octanol–water partition coefficient (Wildman–Crippen LogP) is 5.93. The first-order valence-electron chi connectivity index (χ1n) is 11.6. The van der Waals surface area contributed by atoms with Crippen molar-refractivity contribution in [3.63, 3.8) is 0 Å². The second kappa shape index (κ2) is 11.9. The average Bonchev–Trinajstić information content (AvgIpc) is 2.88. The summed E-state index contributed by atoms with van der Waals surface area (Å²) in [5.41, 5.74) is 1.63. The van der Waals surface area contributed by atoms with Crippen LogP contribution in [0.25, 0.3) is 15.6 Å². The first-order valence-corrected chi connectivity index (χ1v) is 12.4. The number of anilines is 2. The van der Waals surface area contributed by atoms with Crippen LogP contribution in [0.4, 0.5) is 17.1 Å². The number of rotatable bonds is 9. The number of nitrogens with one attached hydrogen (secondary N) is 1. The maximum Gasteiger partial charge on any atom is 0.210 e. The molecule has 3 aromatic rings. The lowest BCUT2D eigenvalue weighted by Gasteiger charge is -2.32. The van der Waals surface area contributed by atoms with Crippen LogP contribution in [0.15, 0.2) is 36.4 Å². The Bertz CT molecular complexity index is 1280. The second-order valence-electron chi connectivity index (χ2n) is 8.47. The minimum absolute atomic E-state index is 0.404. The smallest absolute Gasteiger partial charge is 0.210 e. The third kappa shape index (κ3) is 5.93. The zero-order valence-electron chi connectivity index (χ0n) is 20.3. The average molecular weight is 525 g/mol. The molecule has 2 radical (unpaired) electrons. The number of nitrogens with zero attached hydrogens (tertiary/aromatic N) is 3. The summed E-state index contributed by atoms with van der Waals surface area (Å²) in [6.45, 7) is 12.9. The van der Waals surface area contributed by atoms with Crippen LogP contribution in [0.2, 0.25) is 10.0 Å². The lowest BCUT2D eigenvalue weighted by Crippen LogP contribution is -2.45. The molecule has 1 fully saturated rings. The highest BCUT2D eigenvalue weighted by Gasteiger charge is 2.17. The van der Waals surface area contributed by atoms with Crippen molar-refractivity contribution in [3.8, 4) is 17.2 Å². The van der Waals surface area contributed by atoms with Gasteiger partial charge in [-0.15, -0.1) is 0 Å². The van der Waals surface area contributed by atoms with E-state index in [1.807, 2.05) is 23.0 Å². The molecule has 0 aromatic heterocycles. The summed E-state index contributed by atoms with van der Waals surface area (Å²) in [5, 5.41) is 5.82. The van der Waals surface area contributed by atoms with Crippen molar-refractivity contribution in [2.75, 3.05) is 58.9 Å². The van der Waals surface area contributed by atoms with Crippen molar-refractivity contribution in [2.24, 2.45) is 0 Å². The van der Waals surface area contributed by atoms with Gasteiger partial charge >= 0.3 is 0 Å². The topological polar surface area (TPSA) is 50.6 Å². The van der Waals surface area contributed by atoms with E-state index in [1.165, 1.54) is 7.11 Å². The van der Waals surface area contributed by atoms with Crippen LogP contribution in [0.1, 0.15) is 6.42 Å². The molecular formula is C26H27BCl2N4O3. The Morgan fingerprint density at radius 3 is 2.42 bits per heavy atom. The summed E-state index contributed by atoms with van der Waals surface area (Å²) in [5.74, 6) is 1.72. The predicted molar refractivity (Wildman–Crippen MR) is 147 cm³/mol. The van der Waals surface area contributed by atoms with Crippen LogP contribution in [0.3, 0.4) is 0 Å². The highest BCUT2D eigenvalue weighted by Crippen LogP contribution is 2.43. The molecule has 0 bridgehead atoms. The summed E-state index contributed by atoms with van der Waals surface area (Å²) in [7, 11) is 8.97. The fraction of sp³-hybridized carbons (Fsp3) is 0.346. The Hall–Kier alpha value is -2.83. The normalized spacial score (nSPS) is 14.4. The van der Waals surface area contributed by atoms with Crippen LogP contribution in [-0.4, -0.2) is 71.2 Å². The van der Waals surface area contributed by atoms with Crippen LogP contribution in [0, 0.1) is 6.57 Å². The lowest BCUT2D eigenvalue weighted by molar-refractivity contribution is 0.176. The maximum absolute atomic E-state index is 7.68. The van der Waals surface area contributed by atoms with E-state index in [-0.39, 0.29) is 0 Å². The Kier molecular flexibility index (Phi) is 8.70. The van der Waals surface area contributed by atoms with E-state index in [2.05, 4.69) is 15.1 Å². The van der Waals surface area contributed by atoms with Gasteiger partial charge in [0.15, 0.2) is 19.5 Å². The molecule has 3 aromatic carbocycles. The van der Waals surface area contributed by atoms with E-state index in [0.717, 1.165) is 49.9 Å². The SMILES string of the molecule is [B]N1CCN(CCCOc2cc3ccc([N+]#[C-])c(Nc4cc(OC)c(Cl)cc4Cl)c3cc2OC)CC1. The van der Waals surface area contributed by atoms with Crippen molar-refractivity contribution in [1.29, 1.82) is 0 Å². The number of fused-ring (bicyclic) bond motifs is 1. The Morgan fingerprint density at radius 1 is 0.972 bits per heavy atom. The summed E-state index contributed by atoms with van der Waals surface area (Å²) < 4.78 is 17.1. The molecule has 1 aliphatic rings. The van der Waals surface area contributed by atoms with Gasteiger partial charge in [0.25, 0.3) is 0 Å². The fourth-order valence-corrected chi connectivity index (χ4v) is 4.70. The molecule has 0 saturated carbocycles. The molecule has 7 nitrogen and oxygen atoms in total. The third-order valence-electron chi connectivity index (χ3n) is 6.19. The quantitative estimate of drug-likeness (QED) is 0.213.